The van der Waals surface area contributed by atoms with Crippen LogP contribution in [0.3, 0.4) is 0 Å². The molecule has 0 bridgehead atoms. The molecule has 1 saturated heterocycles. The Morgan fingerprint density at radius 1 is 1.18 bits per heavy atom. The molecule has 1 amide bonds. The molecule has 0 aliphatic carbocycles. The number of aliphatic hydroxyl groups is 1. The van der Waals surface area contributed by atoms with Crippen molar-refractivity contribution in [2.24, 2.45) is 0 Å². The van der Waals surface area contributed by atoms with Gasteiger partial charge in [-0.25, -0.2) is 0 Å². The molecular weight excluding hydrogens is 382 g/mol. The van der Waals surface area contributed by atoms with Gasteiger partial charge in [-0.05, 0) is 48.4 Å². The molecule has 0 radical (unpaired) electrons. The molecule has 28 heavy (non-hydrogen) atoms. The fraction of sp³-hybridized carbons (Fsp3) is 0.238. The first kappa shape index (κ1) is 19.9. The molecule has 0 aromatic heterocycles. The largest absolute Gasteiger partial charge is 0.508 e. The van der Waals surface area contributed by atoms with Crippen LogP contribution in [0.25, 0.3) is 5.76 Å². The van der Waals surface area contributed by atoms with Crippen LogP contribution in [0.1, 0.15) is 23.6 Å². The van der Waals surface area contributed by atoms with Crippen LogP contribution < -0.4 is 0 Å². The van der Waals surface area contributed by atoms with Crippen molar-refractivity contribution in [2.75, 3.05) is 20.3 Å². The summed E-state index contributed by atoms with van der Waals surface area (Å²) in [6.07, 6.45) is 0.528. The third-order valence-electron chi connectivity index (χ3n) is 4.59. The lowest BCUT2D eigenvalue weighted by molar-refractivity contribution is -0.140. The molecule has 2 aromatic carbocycles. The first-order valence-electron chi connectivity index (χ1n) is 8.76. The van der Waals surface area contributed by atoms with E-state index in [2.05, 4.69) is 0 Å². The minimum Gasteiger partial charge on any atom is -0.508 e. The van der Waals surface area contributed by atoms with E-state index in [-0.39, 0.29) is 23.6 Å². The third kappa shape index (κ3) is 3.88. The van der Waals surface area contributed by atoms with Gasteiger partial charge in [0, 0.05) is 30.8 Å². The Balaban J connectivity index is 2.12. The fourth-order valence-electron chi connectivity index (χ4n) is 3.29. The van der Waals surface area contributed by atoms with Gasteiger partial charge in [0.15, 0.2) is 0 Å². The number of ether oxygens (including phenoxy) is 1. The van der Waals surface area contributed by atoms with Crippen LogP contribution in [0.5, 0.6) is 5.75 Å². The number of ketones is 1. The quantitative estimate of drug-likeness (QED) is 0.335. The highest BCUT2D eigenvalue weighted by molar-refractivity contribution is 6.46. The number of amides is 1. The zero-order valence-corrected chi connectivity index (χ0v) is 16.0. The van der Waals surface area contributed by atoms with Crippen molar-refractivity contribution in [3.05, 3.63) is 70.3 Å². The second kappa shape index (κ2) is 8.46. The van der Waals surface area contributed by atoms with Gasteiger partial charge in [-0.2, -0.15) is 0 Å². The number of halogens is 1. The number of nitrogens with zero attached hydrogens (tertiary/aromatic N) is 1. The van der Waals surface area contributed by atoms with E-state index < -0.39 is 17.7 Å². The van der Waals surface area contributed by atoms with Crippen LogP contribution in [0, 0.1) is 0 Å². The lowest BCUT2D eigenvalue weighted by Crippen LogP contribution is -2.31. The second-order valence-electron chi connectivity index (χ2n) is 6.44. The summed E-state index contributed by atoms with van der Waals surface area (Å²) in [5, 5.41) is 21.2. The van der Waals surface area contributed by atoms with Crippen molar-refractivity contribution in [3.8, 4) is 5.75 Å². The van der Waals surface area contributed by atoms with Crippen molar-refractivity contribution in [2.45, 2.75) is 12.5 Å². The molecule has 2 aromatic rings. The Morgan fingerprint density at radius 3 is 2.54 bits per heavy atom. The van der Waals surface area contributed by atoms with Gasteiger partial charge in [0.1, 0.15) is 11.5 Å². The Labute approximate surface area is 167 Å². The average molecular weight is 402 g/mol. The first-order valence-corrected chi connectivity index (χ1v) is 9.14. The molecular formula is C21H20ClNO5. The number of benzene rings is 2. The number of aromatic hydroxyl groups is 1. The summed E-state index contributed by atoms with van der Waals surface area (Å²) < 4.78 is 5.04. The number of phenolic OH excluding ortho intramolecular Hbond substituents is 1. The zero-order chi connectivity index (χ0) is 20.3. The van der Waals surface area contributed by atoms with Crippen molar-refractivity contribution >= 4 is 29.1 Å². The van der Waals surface area contributed by atoms with E-state index in [4.69, 9.17) is 16.3 Å². The Bertz CT molecular complexity index is 923. The molecule has 3 rings (SSSR count). The number of Topliss-reactive ketones (excluding diaryl/α,β-unsaturated/α-hetero) is 1. The monoisotopic (exact) mass is 401 g/mol. The number of phenols is 1. The SMILES string of the molecule is COCCCN1C(=O)C(=O)C(=C(O)c2ccc(Cl)cc2)[C@@H]1c1cccc(O)c1. The molecule has 0 spiro atoms. The maximum Gasteiger partial charge on any atom is 0.295 e. The van der Waals surface area contributed by atoms with Crippen molar-refractivity contribution < 1.29 is 24.5 Å². The molecule has 0 unspecified atom stereocenters. The van der Waals surface area contributed by atoms with Crippen molar-refractivity contribution in [1.82, 2.24) is 4.90 Å². The van der Waals surface area contributed by atoms with Gasteiger partial charge < -0.3 is 19.8 Å². The maximum absolute atomic E-state index is 12.8. The van der Waals surface area contributed by atoms with Gasteiger partial charge in [0.2, 0.25) is 0 Å². The second-order valence-corrected chi connectivity index (χ2v) is 6.88. The highest BCUT2D eigenvalue weighted by Crippen LogP contribution is 2.40. The van der Waals surface area contributed by atoms with Gasteiger partial charge in [0.05, 0.1) is 11.6 Å². The van der Waals surface area contributed by atoms with Crippen molar-refractivity contribution in [3.63, 3.8) is 0 Å². The van der Waals surface area contributed by atoms with Crippen LogP contribution in [0.2, 0.25) is 5.02 Å². The summed E-state index contributed by atoms with van der Waals surface area (Å²) in [5.41, 5.74) is 0.895. The van der Waals surface area contributed by atoms with E-state index in [1.54, 1.807) is 43.5 Å². The molecule has 1 fully saturated rings. The Hall–Kier alpha value is -2.83. The summed E-state index contributed by atoms with van der Waals surface area (Å²) in [4.78, 5) is 26.8. The van der Waals surface area contributed by atoms with Gasteiger partial charge in [-0.1, -0.05) is 23.7 Å². The summed E-state index contributed by atoms with van der Waals surface area (Å²) in [7, 11) is 1.56. The Morgan fingerprint density at radius 2 is 1.89 bits per heavy atom. The van der Waals surface area contributed by atoms with E-state index >= 15 is 0 Å². The number of rotatable bonds is 6. The summed E-state index contributed by atoms with van der Waals surface area (Å²) >= 11 is 5.90. The van der Waals surface area contributed by atoms with E-state index in [9.17, 15) is 19.8 Å². The van der Waals surface area contributed by atoms with Gasteiger partial charge in [-0.15, -0.1) is 0 Å². The first-order chi connectivity index (χ1) is 13.4. The van der Waals surface area contributed by atoms with Gasteiger partial charge >= 0.3 is 0 Å². The van der Waals surface area contributed by atoms with Crippen LogP contribution in [0.4, 0.5) is 0 Å². The third-order valence-corrected chi connectivity index (χ3v) is 4.84. The number of aliphatic hydroxyl groups excluding tert-OH is 1. The van der Waals surface area contributed by atoms with Crippen LogP contribution in [-0.2, 0) is 14.3 Å². The minimum absolute atomic E-state index is 0.00599. The molecule has 146 valence electrons. The fourth-order valence-corrected chi connectivity index (χ4v) is 3.42. The standard InChI is InChI=1S/C21H20ClNO5/c1-28-11-3-10-23-18(14-4-2-5-16(24)12-14)17(20(26)21(23)27)19(25)13-6-8-15(22)9-7-13/h2,4-9,12,18,24-25H,3,10-11H2,1H3/t18-/m0/s1. The normalized spacial score (nSPS) is 18.6. The maximum atomic E-state index is 12.8. The average Bonchev–Trinajstić information content (AvgIpc) is 2.93. The van der Waals surface area contributed by atoms with Gasteiger partial charge in [0.25, 0.3) is 11.7 Å². The van der Waals surface area contributed by atoms with E-state index in [1.165, 1.54) is 17.0 Å². The molecule has 2 N–H and O–H groups in total. The summed E-state index contributed by atoms with van der Waals surface area (Å²) in [5.74, 6) is -1.73. The number of likely N-dealkylation sites (tertiary alicyclic amines) is 1. The molecule has 0 saturated carbocycles. The molecule has 1 heterocycles. The summed E-state index contributed by atoms with van der Waals surface area (Å²) in [6.45, 7) is 0.697. The van der Waals surface area contributed by atoms with E-state index in [0.717, 1.165) is 0 Å². The molecule has 1 aliphatic heterocycles. The molecule has 1 atom stereocenters. The number of carbonyl (C=O) groups is 2. The smallest absolute Gasteiger partial charge is 0.295 e. The lowest BCUT2D eigenvalue weighted by atomic mass is 9.95. The van der Waals surface area contributed by atoms with E-state index in [1.807, 2.05) is 0 Å². The Kier molecular flexibility index (Phi) is 6.02. The predicted octanol–water partition coefficient (Wildman–Crippen LogP) is 3.50. The minimum atomic E-state index is -0.806. The number of carbonyl (C=O) groups excluding carboxylic acids is 2. The van der Waals surface area contributed by atoms with Gasteiger partial charge in [-0.3, -0.25) is 9.59 Å². The van der Waals surface area contributed by atoms with Crippen LogP contribution in [-0.4, -0.2) is 47.1 Å². The van der Waals surface area contributed by atoms with E-state index in [0.29, 0.717) is 29.2 Å². The number of hydrogen-bond acceptors (Lipinski definition) is 5. The van der Waals surface area contributed by atoms with Crippen molar-refractivity contribution in [1.29, 1.82) is 0 Å². The zero-order valence-electron chi connectivity index (χ0n) is 15.3. The van der Waals surface area contributed by atoms with Crippen LogP contribution >= 0.6 is 11.6 Å². The molecule has 7 heteroatoms. The highest BCUT2D eigenvalue weighted by Gasteiger charge is 2.45. The number of hydrogen-bond donors (Lipinski definition) is 2. The lowest BCUT2D eigenvalue weighted by Gasteiger charge is -2.25. The topological polar surface area (TPSA) is 87.1 Å². The van der Waals surface area contributed by atoms with Crippen LogP contribution in [0.15, 0.2) is 54.1 Å². The summed E-state index contributed by atoms with van der Waals surface area (Å²) in [6, 6.07) is 11.8. The predicted molar refractivity (Wildman–Crippen MR) is 105 cm³/mol. The highest BCUT2D eigenvalue weighted by atomic mass is 35.5. The number of methoxy groups -OCH3 is 1. The molecule has 1 aliphatic rings. The molecule has 6 nitrogen and oxygen atoms in total.